The second kappa shape index (κ2) is 13.0. The summed E-state index contributed by atoms with van der Waals surface area (Å²) in [5.41, 5.74) is 0.546. The number of ether oxygens (including phenoxy) is 2. The van der Waals surface area contributed by atoms with E-state index in [9.17, 15) is 34.2 Å². The molecule has 2 aliphatic rings. The minimum Gasteiger partial charge on any atom is -0.394 e. The van der Waals surface area contributed by atoms with E-state index in [1.54, 1.807) is 0 Å². The monoisotopic (exact) mass is 617 g/mol. The molecule has 0 bridgehead atoms. The van der Waals surface area contributed by atoms with Crippen molar-refractivity contribution in [3.8, 4) is 17.3 Å². The Labute approximate surface area is 250 Å². The molecular weight excluding hydrogens is 588 g/mol. The Morgan fingerprint density at radius 3 is 2.60 bits per heavy atom. The molecule has 2 heterocycles. The molecule has 43 heavy (non-hydrogen) atoms. The highest BCUT2D eigenvalue weighted by Crippen LogP contribution is 2.37. The van der Waals surface area contributed by atoms with Crippen LogP contribution in [0.4, 0.5) is 14.5 Å². The van der Waals surface area contributed by atoms with Crippen LogP contribution < -0.4 is 4.90 Å². The molecule has 2 fully saturated rings. The number of carbonyl (C=O) groups excluding carboxylic acids is 1. The Bertz CT molecular complexity index is 1500. The van der Waals surface area contributed by atoms with E-state index < -0.39 is 66.8 Å². The molecule has 1 aliphatic heterocycles. The number of carbonyl (C=O) groups is 1. The second-order valence-corrected chi connectivity index (χ2v) is 11.1. The first-order valence-corrected chi connectivity index (χ1v) is 14.1. The largest absolute Gasteiger partial charge is 0.394 e. The molecule has 7 atom stereocenters. The van der Waals surface area contributed by atoms with E-state index in [4.69, 9.17) is 21.1 Å². The van der Waals surface area contributed by atoms with Crippen LogP contribution in [0.25, 0.3) is 11.3 Å². The van der Waals surface area contributed by atoms with E-state index in [1.807, 2.05) is 6.07 Å². The van der Waals surface area contributed by atoms with Gasteiger partial charge in [-0.2, -0.15) is 5.26 Å². The number of benzene rings is 2. The van der Waals surface area contributed by atoms with Crippen molar-refractivity contribution in [1.82, 2.24) is 15.0 Å². The molecule has 5 rings (SSSR count). The van der Waals surface area contributed by atoms with Crippen molar-refractivity contribution in [2.75, 3.05) is 18.6 Å². The van der Waals surface area contributed by atoms with Gasteiger partial charge < -0.3 is 29.7 Å². The molecule has 3 aromatic rings. The number of amides is 1. The summed E-state index contributed by atoms with van der Waals surface area (Å²) in [7, 11) is 1.30. The molecule has 11 nitrogen and oxygen atoms in total. The van der Waals surface area contributed by atoms with Crippen molar-refractivity contribution in [2.24, 2.45) is 0 Å². The van der Waals surface area contributed by atoms with Crippen LogP contribution in [0.5, 0.6) is 0 Å². The molecule has 1 saturated carbocycles. The minimum absolute atomic E-state index is 0.0277. The van der Waals surface area contributed by atoms with E-state index in [-0.39, 0.29) is 22.0 Å². The summed E-state index contributed by atoms with van der Waals surface area (Å²) in [5, 5.41) is 50.0. The van der Waals surface area contributed by atoms with Crippen molar-refractivity contribution < 1.29 is 38.4 Å². The molecule has 1 amide bonds. The fourth-order valence-electron chi connectivity index (χ4n) is 5.91. The van der Waals surface area contributed by atoms with Gasteiger partial charge in [0.2, 0.25) is 0 Å². The molecular formula is C29H30ClF2N5O6. The molecule has 1 saturated heterocycles. The molecule has 0 radical (unpaired) electrons. The molecule has 1 aliphatic carbocycles. The number of nitriles is 1. The summed E-state index contributed by atoms with van der Waals surface area (Å²) in [4.78, 5) is 15.6. The topological polar surface area (TPSA) is 154 Å². The number of halogens is 3. The van der Waals surface area contributed by atoms with Gasteiger partial charge in [0.15, 0.2) is 6.10 Å². The number of methoxy groups -OCH3 is 1. The van der Waals surface area contributed by atoms with Crippen LogP contribution in [0.1, 0.15) is 37.3 Å². The summed E-state index contributed by atoms with van der Waals surface area (Å²) in [5.74, 6) is -2.08. The lowest BCUT2D eigenvalue weighted by Crippen LogP contribution is -2.63. The second-order valence-electron chi connectivity index (χ2n) is 10.6. The molecule has 0 unspecified atom stereocenters. The standard InChI is InChI=1S/C29H30ClF2N5O6/c1-42-27-25(36-13-21(34-35-36)16-8-17(30)10-19(32)9-16)26(40)24(14-38)43-28(27)29(41)37(22-4-2-3-5-23(22)39)20-7-15(12-33)6-18(31)11-20/h6-11,13,22-28,38-40H,2-5,14H2,1H3/t22-,23-,24+,25-,26-,27+,28+/m0/s1. The fraction of sp³-hybridized carbons (Fsp3) is 0.448. The Kier molecular flexibility index (Phi) is 9.36. The lowest BCUT2D eigenvalue weighted by Gasteiger charge is -2.46. The highest BCUT2D eigenvalue weighted by atomic mass is 35.5. The highest BCUT2D eigenvalue weighted by molar-refractivity contribution is 6.30. The minimum atomic E-state index is -1.48. The zero-order chi connectivity index (χ0) is 30.8. The number of aliphatic hydroxyl groups is 3. The van der Waals surface area contributed by atoms with Crippen LogP contribution in [0.3, 0.4) is 0 Å². The van der Waals surface area contributed by atoms with Crippen molar-refractivity contribution in [2.45, 2.75) is 68.3 Å². The van der Waals surface area contributed by atoms with Gasteiger partial charge in [-0.3, -0.25) is 4.79 Å². The summed E-state index contributed by atoms with van der Waals surface area (Å²) in [6.45, 7) is -0.677. The molecule has 228 valence electrons. The number of aromatic nitrogens is 3. The molecule has 1 aromatic heterocycles. The Morgan fingerprint density at radius 2 is 1.93 bits per heavy atom. The SMILES string of the molecule is CO[C@@H]1[C@@H](n2cc(-c3cc(F)cc(Cl)c3)nn2)[C@@H](O)[C@@H](CO)O[C@H]1C(=O)N(c1cc(F)cc(C#N)c1)[C@H]1CCCC[C@@H]1O. The summed E-state index contributed by atoms with van der Waals surface area (Å²) < 4.78 is 41.5. The van der Waals surface area contributed by atoms with Gasteiger partial charge in [0.25, 0.3) is 5.91 Å². The lowest BCUT2D eigenvalue weighted by atomic mass is 9.88. The van der Waals surface area contributed by atoms with Crippen LogP contribution in [0.15, 0.2) is 42.6 Å². The third kappa shape index (κ3) is 6.26. The first-order valence-electron chi connectivity index (χ1n) is 13.7. The summed E-state index contributed by atoms with van der Waals surface area (Å²) in [6.07, 6.45) is -2.70. The lowest BCUT2D eigenvalue weighted by molar-refractivity contribution is -0.211. The Balaban J connectivity index is 1.56. The molecule has 2 aromatic carbocycles. The summed E-state index contributed by atoms with van der Waals surface area (Å²) in [6, 6.07) is 7.26. The number of aliphatic hydroxyl groups excluding tert-OH is 3. The number of hydrogen-bond donors (Lipinski definition) is 3. The normalized spacial score (nSPS) is 27.4. The first-order chi connectivity index (χ1) is 20.6. The van der Waals surface area contributed by atoms with Gasteiger partial charge >= 0.3 is 0 Å². The van der Waals surface area contributed by atoms with Crippen molar-refractivity contribution in [3.63, 3.8) is 0 Å². The van der Waals surface area contributed by atoms with Crippen molar-refractivity contribution in [3.05, 3.63) is 64.8 Å². The maximum Gasteiger partial charge on any atom is 0.259 e. The van der Waals surface area contributed by atoms with Gasteiger partial charge in [-0.25, -0.2) is 13.5 Å². The van der Waals surface area contributed by atoms with Crippen molar-refractivity contribution in [1.29, 1.82) is 5.26 Å². The van der Waals surface area contributed by atoms with E-state index in [2.05, 4.69) is 10.3 Å². The van der Waals surface area contributed by atoms with Gasteiger partial charge in [-0.1, -0.05) is 29.7 Å². The Morgan fingerprint density at radius 1 is 1.19 bits per heavy atom. The van der Waals surface area contributed by atoms with E-state index in [0.717, 1.165) is 24.6 Å². The zero-order valence-corrected chi connectivity index (χ0v) is 23.8. The van der Waals surface area contributed by atoms with Gasteiger partial charge in [-0.15, -0.1) is 5.10 Å². The summed E-state index contributed by atoms with van der Waals surface area (Å²) >= 11 is 6.00. The predicted molar refractivity (Wildman–Crippen MR) is 149 cm³/mol. The van der Waals surface area contributed by atoms with Gasteiger partial charge in [0.1, 0.15) is 41.7 Å². The van der Waals surface area contributed by atoms with Crippen LogP contribution in [0, 0.1) is 23.0 Å². The van der Waals surface area contributed by atoms with Gasteiger partial charge in [-0.05, 0) is 49.2 Å². The number of hydrogen-bond acceptors (Lipinski definition) is 9. The fourth-order valence-corrected chi connectivity index (χ4v) is 6.13. The third-order valence-corrected chi connectivity index (χ3v) is 8.13. The average Bonchev–Trinajstić information content (AvgIpc) is 3.47. The van der Waals surface area contributed by atoms with E-state index >= 15 is 0 Å². The van der Waals surface area contributed by atoms with Gasteiger partial charge in [0, 0.05) is 23.4 Å². The van der Waals surface area contributed by atoms with Gasteiger partial charge in [0.05, 0.1) is 36.6 Å². The smallest absolute Gasteiger partial charge is 0.259 e. The Hall–Kier alpha value is -3.51. The number of rotatable bonds is 7. The van der Waals surface area contributed by atoms with Crippen LogP contribution in [-0.4, -0.2) is 86.5 Å². The first kappa shape index (κ1) is 30.9. The third-order valence-electron chi connectivity index (χ3n) is 7.91. The van der Waals surface area contributed by atoms with Crippen LogP contribution in [0.2, 0.25) is 5.02 Å². The maximum atomic E-state index is 14.6. The maximum absolute atomic E-state index is 14.6. The number of nitrogens with zero attached hydrogens (tertiary/aromatic N) is 5. The van der Waals surface area contributed by atoms with E-state index in [1.165, 1.54) is 41.1 Å². The molecule has 3 N–H and O–H groups in total. The quantitative estimate of drug-likeness (QED) is 0.363. The molecule has 14 heteroatoms. The van der Waals surface area contributed by atoms with Crippen LogP contribution in [-0.2, 0) is 14.3 Å². The molecule has 0 spiro atoms. The highest BCUT2D eigenvalue weighted by Gasteiger charge is 2.52. The van der Waals surface area contributed by atoms with Crippen LogP contribution >= 0.6 is 11.6 Å². The average molecular weight is 618 g/mol. The number of anilines is 1. The van der Waals surface area contributed by atoms with Crippen molar-refractivity contribution >= 4 is 23.2 Å². The van der Waals surface area contributed by atoms with E-state index in [0.29, 0.717) is 24.8 Å². The zero-order valence-electron chi connectivity index (χ0n) is 23.1. The predicted octanol–water partition coefficient (Wildman–Crippen LogP) is 2.76.